The number of carbonyl (C=O) groups excluding carboxylic acids is 1. The average molecular weight is 280 g/mol. The van der Waals surface area contributed by atoms with Crippen molar-refractivity contribution < 1.29 is 4.79 Å². The second-order valence-electron chi connectivity index (χ2n) is 5.79. The molecule has 3 rings (SSSR count). The monoisotopic (exact) mass is 280 g/mol. The molecule has 2 aromatic rings. The molecule has 1 amide bonds. The van der Waals surface area contributed by atoms with Crippen LogP contribution in [0.3, 0.4) is 0 Å². The number of aromatic nitrogens is 1. The highest BCUT2D eigenvalue weighted by atomic mass is 16.2. The number of piperidine rings is 1. The molecule has 21 heavy (non-hydrogen) atoms. The largest absolute Gasteiger partial charge is 0.339 e. The van der Waals surface area contributed by atoms with Gasteiger partial charge >= 0.3 is 0 Å². The molecule has 1 aromatic heterocycles. The molecule has 0 radical (unpaired) electrons. The van der Waals surface area contributed by atoms with Crippen LogP contribution in [0.2, 0.25) is 0 Å². The van der Waals surface area contributed by atoms with Crippen LogP contribution >= 0.6 is 0 Å². The molecule has 1 atom stereocenters. The maximum absolute atomic E-state index is 12.3. The van der Waals surface area contributed by atoms with Gasteiger partial charge in [0, 0.05) is 36.3 Å². The number of nitrogens with zero attached hydrogens (tertiary/aromatic N) is 2. The minimum absolute atomic E-state index is 0.106. The number of likely N-dealkylation sites (tertiary alicyclic amines) is 1. The highest BCUT2D eigenvalue weighted by Gasteiger charge is 2.18. The quantitative estimate of drug-likeness (QED) is 0.789. The Kier molecular flexibility index (Phi) is 4.00. The summed E-state index contributed by atoms with van der Waals surface area (Å²) >= 11 is 0. The smallest absolute Gasteiger partial charge is 0.246 e. The number of hydrogen-bond donors (Lipinski definition) is 0. The Labute approximate surface area is 125 Å². The number of benzene rings is 1. The predicted molar refractivity (Wildman–Crippen MR) is 85.8 cm³/mol. The van der Waals surface area contributed by atoms with Crippen molar-refractivity contribution in [3.05, 3.63) is 48.2 Å². The van der Waals surface area contributed by atoms with E-state index in [0.29, 0.717) is 5.92 Å². The molecular formula is C18H20N2O. The fourth-order valence-electron chi connectivity index (χ4n) is 2.92. The molecule has 1 saturated heterocycles. The summed E-state index contributed by atoms with van der Waals surface area (Å²) < 4.78 is 0. The van der Waals surface area contributed by atoms with Crippen molar-refractivity contribution in [1.82, 2.24) is 9.88 Å². The highest BCUT2D eigenvalue weighted by Crippen LogP contribution is 2.18. The zero-order valence-corrected chi connectivity index (χ0v) is 12.3. The van der Waals surface area contributed by atoms with Crippen molar-refractivity contribution in [2.75, 3.05) is 13.1 Å². The second-order valence-corrected chi connectivity index (χ2v) is 5.79. The van der Waals surface area contributed by atoms with Gasteiger partial charge < -0.3 is 4.90 Å². The van der Waals surface area contributed by atoms with Gasteiger partial charge in [0.15, 0.2) is 0 Å². The third-order valence-electron chi connectivity index (χ3n) is 4.04. The molecule has 1 aliphatic heterocycles. The van der Waals surface area contributed by atoms with Crippen LogP contribution < -0.4 is 0 Å². The SMILES string of the molecule is CC1CCCN(C(=O)/C=C/c2cccc3cccnc23)C1. The van der Waals surface area contributed by atoms with E-state index in [1.54, 1.807) is 12.3 Å². The molecule has 1 fully saturated rings. The Morgan fingerprint density at radius 1 is 1.33 bits per heavy atom. The maximum Gasteiger partial charge on any atom is 0.246 e. The third kappa shape index (κ3) is 3.13. The van der Waals surface area contributed by atoms with Crippen LogP contribution in [0.25, 0.3) is 17.0 Å². The number of rotatable bonds is 2. The van der Waals surface area contributed by atoms with Crippen LogP contribution in [0.4, 0.5) is 0 Å². The van der Waals surface area contributed by atoms with Crippen molar-refractivity contribution in [3.63, 3.8) is 0 Å². The van der Waals surface area contributed by atoms with Crippen molar-refractivity contribution in [3.8, 4) is 0 Å². The number of hydrogen-bond acceptors (Lipinski definition) is 2. The van der Waals surface area contributed by atoms with Crippen LogP contribution in [0, 0.1) is 5.92 Å². The van der Waals surface area contributed by atoms with Gasteiger partial charge in [-0.1, -0.05) is 31.2 Å². The first-order chi connectivity index (χ1) is 10.2. The molecule has 0 aliphatic carbocycles. The number of amides is 1. The molecule has 1 aromatic carbocycles. The van der Waals surface area contributed by atoms with E-state index < -0.39 is 0 Å². The first kappa shape index (κ1) is 13.8. The van der Waals surface area contributed by atoms with Gasteiger partial charge in [0.05, 0.1) is 5.52 Å². The lowest BCUT2D eigenvalue weighted by Crippen LogP contribution is -2.38. The lowest BCUT2D eigenvalue weighted by Gasteiger charge is -2.30. The van der Waals surface area contributed by atoms with E-state index >= 15 is 0 Å². The molecule has 3 heteroatoms. The zero-order valence-electron chi connectivity index (χ0n) is 12.3. The van der Waals surface area contributed by atoms with Gasteiger partial charge in [-0.2, -0.15) is 0 Å². The van der Waals surface area contributed by atoms with E-state index in [2.05, 4.69) is 11.9 Å². The predicted octanol–water partition coefficient (Wildman–Crippen LogP) is 3.51. The summed E-state index contributed by atoms with van der Waals surface area (Å²) in [7, 11) is 0. The first-order valence-electron chi connectivity index (χ1n) is 7.55. The van der Waals surface area contributed by atoms with Crippen LogP contribution in [-0.2, 0) is 4.79 Å². The van der Waals surface area contributed by atoms with Crippen LogP contribution in [0.1, 0.15) is 25.3 Å². The first-order valence-corrected chi connectivity index (χ1v) is 7.55. The number of fused-ring (bicyclic) bond motifs is 1. The standard InChI is InChI=1S/C18H20N2O/c1-14-5-4-12-20(13-14)17(21)10-9-16-7-2-6-15-8-3-11-19-18(15)16/h2-3,6-11,14H,4-5,12-13H2,1H3/b10-9+. The van der Waals surface area contributed by atoms with Crippen molar-refractivity contribution in [2.24, 2.45) is 5.92 Å². The lowest BCUT2D eigenvalue weighted by molar-refractivity contribution is -0.127. The van der Waals surface area contributed by atoms with Gasteiger partial charge in [0.1, 0.15) is 0 Å². The normalized spacial score (nSPS) is 19.3. The van der Waals surface area contributed by atoms with Crippen molar-refractivity contribution in [2.45, 2.75) is 19.8 Å². The summed E-state index contributed by atoms with van der Waals surface area (Å²) in [4.78, 5) is 18.6. The van der Waals surface area contributed by atoms with E-state index in [-0.39, 0.29) is 5.91 Å². The van der Waals surface area contributed by atoms with Gasteiger partial charge in [-0.05, 0) is 30.9 Å². The Bertz CT molecular complexity index is 672. The summed E-state index contributed by atoms with van der Waals surface area (Å²) in [6, 6.07) is 9.99. The lowest BCUT2D eigenvalue weighted by atomic mass is 10.0. The molecule has 3 nitrogen and oxygen atoms in total. The second kappa shape index (κ2) is 6.08. The summed E-state index contributed by atoms with van der Waals surface area (Å²) in [5, 5.41) is 1.10. The highest BCUT2D eigenvalue weighted by molar-refractivity contribution is 5.95. The molecule has 108 valence electrons. The minimum atomic E-state index is 0.106. The fourth-order valence-corrected chi connectivity index (χ4v) is 2.92. The molecule has 0 bridgehead atoms. The third-order valence-corrected chi connectivity index (χ3v) is 4.04. The van der Waals surface area contributed by atoms with Gasteiger partial charge in [0.25, 0.3) is 0 Å². The molecular weight excluding hydrogens is 260 g/mol. The number of pyridine rings is 1. The molecule has 0 saturated carbocycles. The summed E-state index contributed by atoms with van der Waals surface area (Å²) in [6.07, 6.45) is 7.68. The summed E-state index contributed by atoms with van der Waals surface area (Å²) in [5.41, 5.74) is 1.93. The van der Waals surface area contributed by atoms with E-state index in [1.807, 2.05) is 41.3 Å². The van der Waals surface area contributed by atoms with Crippen molar-refractivity contribution >= 4 is 22.9 Å². The number of para-hydroxylation sites is 1. The van der Waals surface area contributed by atoms with Gasteiger partial charge in [-0.25, -0.2) is 0 Å². The van der Waals surface area contributed by atoms with Gasteiger partial charge in [-0.3, -0.25) is 9.78 Å². The van der Waals surface area contributed by atoms with Crippen molar-refractivity contribution in [1.29, 1.82) is 0 Å². The molecule has 0 spiro atoms. The maximum atomic E-state index is 12.3. The Morgan fingerprint density at radius 2 is 2.19 bits per heavy atom. The molecule has 2 heterocycles. The van der Waals surface area contributed by atoms with E-state index in [9.17, 15) is 4.79 Å². The fraction of sp³-hybridized carbons (Fsp3) is 0.333. The van der Waals surface area contributed by atoms with Crippen LogP contribution in [0.5, 0.6) is 0 Å². The Balaban J connectivity index is 1.80. The zero-order chi connectivity index (χ0) is 14.7. The Morgan fingerprint density at radius 3 is 3.05 bits per heavy atom. The molecule has 1 aliphatic rings. The summed E-state index contributed by atoms with van der Waals surface area (Å²) in [5.74, 6) is 0.713. The van der Waals surface area contributed by atoms with Gasteiger partial charge in [0.2, 0.25) is 5.91 Å². The molecule has 1 unspecified atom stereocenters. The van der Waals surface area contributed by atoms with Crippen LogP contribution in [0.15, 0.2) is 42.6 Å². The number of carbonyl (C=O) groups is 1. The van der Waals surface area contributed by atoms with E-state index in [4.69, 9.17) is 0 Å². The van der Waals surface area contributed by atoms with Gasteiger partial charge in [-0.15, -0.1) is 0 Å². The minimum Gasteiger partial charge on any atom is -0.339 e. The molecule has 0 N–H and O–H groups in total. The topological polar surface area (TPSA) is 33.2 Å². The van der Waals surface area contributed by atoms with Crippen LogP contribution in [-0.4, -0.2) is 28.9 Å². The Hall–Kier alpha value is -2.16. The van der Waals surface area contributed by atoms with E-state index in [0.717, 1.165) is 36.0 Å². The summed E-state index contributed by atoms with van der Waals surface area (Å²) in [6.45, 7) is 3.95. The average Bonchev–Trinajstić information content (AvgIpc) is 2.52. The van der Waals surface area contributed by atoms with E-state index in [1.165, 1.54) is 6.42 Å².